The van der Waals surface area contributed by atoms with E-state index < -0.39 is 15.8 Å². The van der Waals surface area contributed by atoms with Gasteiger partial charge in [0, 0.05) is 31.8 Å². The van der Waals surface area contributed by atoms with Gasteiger partial charge in [0.05, 0.1) is 16.3 Å². The topological polar surface area (TPSA) is 78.5 Å². The highest BCUT2D eigenvalue weighted by atomic mass is 32.2. The Morgan fingerprint density at radius 3 is 2.35 bits per heavy atom. The molecule has 26 heavy (non-hydrogen) atoms. The highest BCUT2D eigenvalue weighted by Gasteiger charge is 2.21. The molecule has 0 unspecified atom stereocenters. The number of halogens is 1. The van der Waals surface area contributed by atoms with Crippen LogP contribution < -0.4 is 14.9 Å². The van der Waals surface area contributed by atoms with E-state index in [0.717, 1.165) is 25.9 Å². The van der Waals surface area contributed by atoms with Crippen LogP contribution in [0.15, 0.2) is 47.4 Å². The van der Waals surface area contributed by atoms with Crippen molar-refractivity contribution < 1.29 is 17.6 Å². The molecule has 6 nitrogen and oxygen atoms in total. The van der Waals surface area contributed by atoms with Crippen molar-refractivity contribution in [2.45, 2.75) is 24.7 Å². The second-order valence-electron chi connectivity index (χ2n) is 6.17. The second kappa shape index (κ2) is 7.33. The van der Waals surface area contributed by atoms with Crippen molar-refractivity contribution in [1.82, 2.24) is 0 Å². The minimum atomic E-state index is -3.88. The molecule has 1 fully saturated rings. The predicted octanol–water partition coefficient (Wildman–Crippen LogP) is 3.19. The third kappa shape index (κ3) is 4.13. The summed E-state index contributed by atoms with van der Waals surface area (Å²) in [5.41, 5.74) is 1.39. The van der Waals surface area contributed by atoms with Crippen molar-refractivity contribution >= 4 is 33.0 Å². The summed E-state index contributed by atoms with van der Waals surface area (Å²) < 4.78 is 41.5. The first kappa shape index (κ1) is 18.2. The Kier molecular flexibility index (Phi) is 5.13. The normalized spacial score (nSPS) is 14.3. The molecule has 138 valence electrons. The molecule has 1 amide bonds. The standard InChI is InChI=1S/C18H20FN3O3S/c1-13(23)20-15-5-7-16(8-6-15)26(24,25)21-17-12-14(19)4-9-18(17)22-10-2-3-11-22/h4-9,12,21H,2-3,10-11H2,1H3,(H,20,23). The van der Waals surface area contributed by atoms with Crippen LogP contribution in [0.1, 0.15) is 19.8 Å². The Morgan fingerprint density at radius 2 is 1.73 bits per heavy atom. The van der Waals surface area contributed by atoms with E-state index in [1.807, 2.05) is 4.90 Å². The summed E-state index contributed by atoms with van der Waals surface area (Å²) in [4.78, 5) is 13.1. The molecule has 0 aromatic heterocycles. The van der Waals surface area contributed by atoms with E-state index in [-0.39, 0.29) is 16.5 Å². The lowest BCUT2D eigenvalue weighted by Crippen LogP contribution is -2.21. The molecule has 0 saturated carbocycles. The number of anilines is 3. The van der Waals surface area contributed by atoms with Crippen LogP contribution >= 0.6 is 0 Å². The molecule has 0 spiro atoms. The minimum absolute atomic E-state index is 0.0308. The molecule has 8 heteroatoms. The fourth-order valence-corrected chi connectivity index (χ4v) is 4.01. The molecule has 2 aromatic rings. The molecule has 1 aliphatic heterocycles. The van der Waals surface area contributed by atoms with Crippen LogP contribution in [0.5, 0.6) is 0 Å². The minimum Gasteiger partial charge on any atom is -0.370 e. The largest absolute Gasteiger partial charge is 0.370 e. The third-order valence-corrected chi connectivity index (χ3v) is 5.52. The molecule has 2 aromatic carbocycles. The third-order valence-electron chi connectivity index (χ3n) is 4.13. The number of hydrogen-bond donors (Lipinski definition) is 2. The van der Waals surface area contributed by atoms with Crippen LogP contribution in [0.3, 0.4) is 0 Å². The number of rotatable bonds is 5. The monoisotopic (exact) mass is 377 g/mol. The van der Waals surface area contributed by atoms with Crippen LogP contribution in [-0.2, 0) is 14.8 Å². The van der Waals surface area contributed by atoms with Gasteiger partial charge in [-0.2, -0.15) is 0 Å². The molecule has 3 rings (SSSR count). The van der Waals surface area contributed by atoms with Gasteiger partial charge in [0.2, 0.25) is 5.91 Å². The number of carbonyl (C=O) groups is 1. The highest BCUT2D eigenvalue weighted by molar-refractivity contribution is 7.92. The summed E-state index contributed by atoms with van der Waals surface area (Å²) in [6, 6.07) is 9.90. The molecule has 0 radical (unpaired) electrons. The lowest BCUT2D eigenvalue weighted by Gasteiger charge is -2.22. The zero-order valence-electron chi connectivity index (χ0n) is 14.3. The Morgan fingerprint density at radius 1 is 1.08 bits per heavy atom. The van der Waals surface area contributed by atoms with Crippen molar-refractivity contribution in [3.05, 3.63) is 48.3 Å². The van der Waals surface area contributed by atoms with Gasteiger partial charge in [-0.05, 0) is 49.2 Å². The summed E-state index contributed by atoms with van der Waals surface area (Å²) >= 11 is 0. The molecule has 0 atom stereocenters. The fraction of sp³-hybridized carbons (Fsp3) is 0.278. The van der Waals surface area contributed by atoms with Gasteiger partial charge >= 0.3 is 0 Å². The van der Waals surface area contributed by atoms with Gasteiger partial charge in [-0.1, -0.05) is 0 Å². The van der Waals surface area contributed by atoms with Crippen molar-refractivity contribution in [2.75, 3.05) is 28.0 Å². The SMILES string of the molecule is CC(=O)Nc1ccc(S(=O)(=O)Nc2cc(F)ccc2N2CCCC2)cc1. The molecular weight excluding hydrogens is 357 g/mol. The first-order valence-electron chi connectivity index (χ1n) is 8.30. The molecular formula is C18H20FN3O3S. The van der Waals surface area contributed by atoms with E-state index in [1.165, 1.54) is 43.3 Å². The quantitative estimate of drug-likeness (QED) is 0.839. The summed E-state index contributed by atoms with van der Waals surface area (Å²) in [5.74, 6) is -0.750. The van der Waals surface area contributed by atoms with Gasteiger partial charge in [-0.3, -0.25) is 9.52 Å². The highest BCUT2D eigenvalue weighted by Crippen LogP contribution is 2.31. The van der Waals surface area contributed by atoms with E-state index in [1.54, 1.807) is 6.07 Å². The van der Waals surface area contributed by atoms with Gasteiger partial charge in [0.15, 0.2) is 0 Å². The Bertz CT molecular complexity index is 908. The maximum absolute atomic E-state index is 13.7. The van der Waals surface area contributed by atoms with Crippen molar-refractivity contribution in [3.63, 3.8) is 0 Å². The molecule has 2 N–H and O–H groups in total. The Labute approximate surface area is 152 Å². The maximum Gasteiger partial charge on any atom is 0.261 e. The van der Waals surface area contributed by atoms with Gasteiger partial charge in [0.1, 0.15) is 5.82 Å². The first-order valence-corrected chi connectivity index (χ1v) is 9.78. The molecule has 1 saturated heterocycles. The van der Waals surface area contributed by atoms with Crippen LogP contribution in [-0.4, -0.2) is 27.4 Å². The fourth-order valence-electron chi connectivity index (χ4n) is 2.95. The van der Waals surface area contributed by atoms with E-state index in [4.69, 9.17) is 0 Å². The lowest BCUT2D eigenvalue weighted by molar-refractivity contribution is -0.114. The zero-order chi connectivity index (χ0) is 18.7. The number of sulfonamides is 1. The zero-order valence-corrected chi connectivity index (χ0v) is 15.1. The Hall–Kier alpha value is -2.61. The number of nitrogens with one attached hydrogen (secondary N) is 2. The van der Waals surface area contributed by atoms with Crippen molar-refractivity contribution in [1.29, 1.82) is 0 Å². The maximum atomic E-state index is 13.7. The number of carbonyl (C=O) groups excluding carboxylic acids is 1. The smallest absolute Gasteiger partial charge is 0.261 e. The van der Waals surface area contributed by atoms with E-state index in [9.17, 15) is 17.6 Å². The van der Waals surface area contributed by atoms with Crippen molar-refractivity contribution in [2.24, 2.45) is 0 Å². The average Bonchev–Trinajstić information content (AvgIpc) is 3.09. The average molecular weight is 377 g/mol. The summed E-state index contributed by atoms with van der Waals surface area (Å²) in [6.45, 7) is 2.99. The number of nitrogens with zero attached hydrogens (tertiary/aromatic N) is 1. The van der Waals surface area contributed by atoms with Gasteiger partial charge < -0.3 is 10.2 Å². The molecule has 0 aliphatic carbocycles. The van der Waals surface area contributed by atoms with E-state index in [0.29, 0.717) is 11.4 Å². The van der Waals surface area contributed by atoms with E-state index in [2.05, 4.69) is 10.0 Å². The van der Waals surface area contributed by atoms with E-state index >= 15 is 0 Å². The molecule has 1 aliphatic rings. The lowest BCUT2D eigenvalue weighted by atomic mass is 10.2. The number of benzene rings is 2. The van der Waals surface area contributed by atoms with Crippen LogP contribution in [0.4, 0.5) is 21.5 Å². The van der Waals surface area contributed by atoms with Crippen molar-refractivity contribution in [3.8, 4) is 0 Å². The van der Waals surface area contributed by atoms with Crippen LogP contribution in [0.2, 0.25) is 0 Å². The van der Waals surface area contributed by atoms with Crippen LogP contribution in [0.25, 0.3) is 0 Å². The van der Waals surface area contributed by atoms with Gasteiger partial charge in [-0.15, -0.1) is 0 Å². The number of hydrogen-bond acceptors (Lipinski definition) is 4. The predicted molar refractivity (Wildman–Crippen MR) is 99.4 cm³/mol. The molecule has 0 bridgehead atoms. The Balaban J connectivity index is 1.87. The van der Waals surface area contributed by atoms with Crippen LogP contribution in [0, 0.1) is 5.82 Å². The first-order chi connectivity index (χ1) is 12.3. The summed E-state index contributed by atoms with van der Waals surface area (Å²) in [6.07, 6.45) is 2.04. The molecule has 1 heterocycles. The number of amides is 1. The van der Waals surface area contributed by atoms with Gasteiger partial charge in [-0.25, -0.2) is 12.8 Å². The second-order valence-corrected chi connectivity index (χ2v) is 7.85. The summed E-state index contributed by atoms with van der Waals surface area (Å²) in [5, 5.41) is 2.58. The summed E-state index contributed by atoms with van der Waals surface area (Å²) in [7, 11) is -3.88. The van der Waals surface area contributed by atoms with Gasteiger partial charge in [0.25, 0.3) is 10.0 Å².